The van der Waals surface area contributed by atoms with E-state index in [-0.39, 0.29) is 36.8 Å². The van der Waals surface area contributed by atoms with Gasteiger partial charge >= 0.3 is 0 Å². The SMILES string of the molecule is C[C@@H]1[C@@H]([Si](C)(C)O)[C@H](CC(=O)N2CCC[C@H]2CO)O[C@@]12C(=O)N(c1ccccc1)c1ccc(N3CCCCCCC3=O)cc12. The van der Waals surface area contributed by atoms with Gasteiger partial charge in [-0.15, -0.1) is 0 Å². The number of anilines is 3. The summed E-state index contributed by atoms with van der Waals surface area (Å²) >= 11 is 0. The van der Waals surface area contributed by atoms with Gasteiger partial charge in [0.25, 0.3) is 5.91 Å². The summed E-state index contributed by atoms with van der Waals surface area (Å²) in [5, 5.41) is 9.87. The molecule has 2 aromatic carbocycles. The van der Waals surface area contributed by atoms with Crippen LogP contribution in [0.5, 0.6) is 0 Å². The molecule has 0 bridgehead atoms. The normalized spacial score (nSPS) is 29.3. The van der Waals surface area contributed by atoms with Crippen LogP contribution in [0.4, 0.5) is 17.1 Å². The number of para-hydroxylation sites is 1. The van der Waals surface area contributed by atoms with Crippen molar-refractivity contribution >= 4 is 43.1 Å². The zero-order valence-electron chi connectivity index (χ0n) is 26.1. The molecule has 4 aliphatic heterocycles. The summed E-state index contributed by atoms with van der Waals surface area (Å²) in [4.78, 5) is 58.7. The lowest BCUT2D eigenvalue weighted by molar-refractivity contribution is -0.149. The second-order valence-corrected chi connectivity index (χ2v) is 17.5. The molecule has 2 N–H and O–H groups in total. The number of benzene rings is 2. The molecule has 3 amide bonds. The van der Waals surface area contributed by atoms with E-state index in [1.54, 1.807) is 9.80 Å². The zero-order valence-corrected chi connectivity index (χ0v) is 27.1. The van der Waals surface area contributed by atoms with Crippen LogP contribution in [-0.2, 0) is 24.7 Å². The highest BCUT2D eigenvalue weighted by Crippen LogP contribution is 2.61. The van der Waals surface area contributed by atoms with Crippen molar-refractivity contribution < 1.29 is 29.0 Å². The van der Waals surface area contributed by atoms with Gasteiger partial charge in [0, 0.05) is 47.9 Å². The summed E-state index contributed by atoms with van der Waals surface area (Å²) in [5.41, 5.74) is 0.991. The monoisotopic (exact) mass is 619 g/mol. The molecule has 1 spiro atoms. The van der Waals surface area contributed by atoms with E-state index in [4.69, 9.17) is 4.74 Å². The minimum Gasteiger partial charge on any atom is -0.432 e. The maximum atomic E-state index is 14.8. The van der Waals surface area contributed by atoms with Crippen molar-refractivity contribution in [2.45, 2.75) is 94.7 Å². The molecule has 0 saturated carbocycles. The minimum absolute atomic E-state index is 0.0303. The highest BCUT2D eigenvalue weighted by molar-refractivity contribution is 6.71. The summed E-state index contributed by atoms with van der Waals surface area (Å²) in [6.45, 7) is 6.79. The number of ether oxygens (including phenoxy) is 1. The van der Waals surface area contributed by atoms with E-state index in [1.807, 2.05) is 73.4 Å². The molecule has 2 aromatic rings. The van der Waals surface area contributed by atoms with E-state index in [2.05, 4.69) is 0 Å². The lowest BCUT2D eigenvalue weighted by Crippen LogP contribution is -2.45. The summed E-state index contributed by atoms with van der Waals surface area (Å²) in [6.07, 6.45) is 5.34. The van der Waals surface area contributed by atoms with Gasteiger partial charge in [-0.3, -0.25) is 19.3 Å². The predicted octanol–water partition coefficient (Wildman–Crippen LogP) is 4.83. The van der Waals surface area contributed by atoms with E-state index in [9.17, 15) is 24.3 Å². The van der Waals surface area contributed by atoms with Gasteiger partial charge in [-0.25, -0.2) is 0 Å². The first kappa shape index (κ1) is 31.0. The molecule has 3 saturated heterocycles. The average molecular weight is 620 g/mol. The van der Waals surface area contributed by atoms with Crippen LogP contribution in [0.1, 0.15) is 63.9 Å². The standard InChI is InChI=1S/C34H45N3O6Si/c1-23-32(44(2,3)42)29(21-31(40)36-19-11-14-26(36)22-38)43-34(23)27-20-25(35-18-10-5-4-9-15-30(35)39)16-17-28(27)37(33(34)41)24-12-7-6-8-13-24/h6-8,12-13,16-17,20,23,26,29,32,38,42H,4-5,9-11,14-15,18-19,21-22H2,1-3H3/t23-,26+,29+,32-,34+/m1/s1. The third-order valence-corrected chi connectivity index (χ3v) is 12.8. The first-order chi connectivity index (χ1) is 21.1. The average Bonchev–Trinajstić information content (AvgIpc) is 3.65. The number of carbonyl (C=O) groups is 3. The Bertz CT molecular complexity index is 1410. The van der Waals surface area contributed by atoms with Crippen molar-refractivity contribution in [3.63, 3.8) is 0 Å². The van der Waals surface area contributed by atoms with E-state index in [0.717, 1.165) is 44.2 Å². The maximum Gasteiger partial charge on any atom is 0.268 e. The van der Waals surface area contributed by atoms with Gasteiger partial charge in [0.2, 0.25) is 11.8 Å². The molecule has 5 atom stereocenters. The molecule has 0 aliphatic carbocycles. The Labute approximate surface area is 260 Å². The molecule has 44 heavy (non-hydrogen) atoms. The first-order valence-electron chi connectivity index (χ1n) is 16.2. The third kappa shape index (κ3) is 5.19. The van der Waals surface area contributed by atoms with Crippen LogP contribution < -0.4 is 9.80 Å². The smallest absolute Gasteiger partial charge is 0.268 e. The molecule has 236 valence electrons. The summed E-state index contributed by atoms with van der Waals surface area (Å²) < 4.78 is 6.93. The zero-order chi connectivity index (χ0) is 31.2. The molecule has 6 rings (SSSR count). The number of aliphatic hydroxyl groups excluding tert-OH is 1. The second kappa shape index (κ2) is 12.0. The number of aliphatic hydroxyl groups is 1. The Hall–Kier alpha value is -3.05. The Morgan fingerprint density at radius 2 is 1.75 bits per heavy atom. The molecular weight excluding hydrogens is 574 g/mol. The fourth-order valence-electron chi connectivity index (χ4n) is 8.27. The summed E-state index contributed by atoms with van der Waals surface area (Å²) in [5.74, 6) is -0.713. The summed E-state index contributed by atoms with van der Waals surface area (Å²) in [7, 11) is -2.98. The van der Waals surface area contributed by atoms with Crippen LogP contribution in [0.15, 0.2) is 48.5 Å². The number of nitrogens with zero attached hydrogens (tertiary/aromatic N) is 3. The van der Waals surface area contributed by atoms with Crippen LogP contribution >= 0.6 is 0 Å². The summed E-state index contributed by atoms with van der Waals surface area (Å²) in [6, 6.07) is 15.0. The fourth-order valence-corrected chi connectivity index (χ4v) is 10.8. The number of likely N-dealkylation sites (tertiary alicyclic amines) is 1. The van der Waals surface area contributed by atoms with Crippen LogP contribution in [0, 0.1) is 5.92 Å². The molecule has 4 aliphatic rings. The van der Waals surface area contributed by atoms with Crippen molar-refractivity contribution in [3.8, 4) is 0 Å². The van der Waals surface area contributed by atoms with Crippen molar-refractivity contribution in [3.05, 3.63) is 54.1 Å². The number of hydrogen-bond donors (Lipinski definition) is 2. The molecule has 4 heterocycles. The molecule has 3 fully saturated rings. The minimum atomic E-state index is -2.98. The van der Waals surface area contributed by atoms with Crippen LogP contribution in [0.3, 0.4) is 0 Å². The third-order valence-electron chi connectivity index (χ3n) is 10.3. The van der Waals surface area contributed by atoms with Crippen LogP contribution in [0.25, 0.3) is 0 Å². The predicted molar refractivity (Wildman–Crippen MR) is 171 cm³/mol. The quantitative estimate of drug-likeness (QED) is 0.448. The molecule has 0 aromatic heterocycles. The molecule has 0 unspecified atom stereocenters. The highest BCUT2D eigenvalue weighted by Gasteiger charge is 2.67. The Morgan fingerprint density at radius 3 is 2.48 bits per heavy atom. The van der Waals surface area contributed by atoms with Gasteiger partial charge in [0.15, 0.2) is 13.9 Å². The van der Waals surface area contributed by atoms with Crippen molar-refractivity contribution in [1.29, 1.82) is 0 Å². The Kier molecular flexibility index (Phi) is 8.47. The Morgan fingerprint density at radius 1 is 1.00 bits per heavy atom. The number of rotatable bonds is 6. The lowest BCUT2D eigenvalue weighted by atomic mass is 9.82. The van der Waals surface area contributed by atoms with Gasteiger partial charge in [-0.05, 0) is 69.1 Å². The number of amides is 3. The van der Waals surface area contributed by atoms with E-state index in [0.29, 0.717) is 36.4 Å². The van der Waals surface area contributed by atoms with Gasteiger partial charge in [-0.1, -0.05) is 38.0 Å². The van der Waals surface area contributed by atoms with Crippen molar-refractivity contribution in [2.75, 3.05) is 29.5 Å². The van der Waals surface area contributed by atoms with E-state index < -0.39 is 31.5 Å². The molecular formula is C34H45N3O6Si. The topological polar surface area (TPSA) is 111 Å². The van der Waals surface area contributed by atoms with E-state index in [1.165, 1.54) is 0 Å². The van der Waals surface area contributed by atoms with Crippen LogP contribution in [-0.4, -0.2) is 72.7 Å². The first-order valence-corrected chi connectivity index (χ1v) is 19.3. The van der Waals surface area contributed by atoms with Crippen molar-refractivity contribution in [1.82, 2.24) is 4.90 Å². The Balaban J connectivity index is 1.45. The van der Waals surface area contributed by atoms with Gasteiger partial charge < -0.3 is 24.4 Å². The number of hydrogen-bond acceptors (Lipinski definition) is 6. The molecule has 9 nitrogen and oxygen atoms in total. The van der Waals surface area contributed by atoms with Gasteiger partial charge in [0.1, 0.15) is 0 Å². The van der Waals surface area contributed by atoms with Gasteiger partial charge in [0.05, 0.1) is 30.9 Å². The lowest BCUT2D eigenvalue weighted by Gasteiger charge is -2.33. The molecule has 10 heteroatoms. The maximum absolute atomic E-state index is 14.8. The number of carbonyl (C=O) groups excluding carboxylic acids is 3. The highest BCUT2D eigenvalue weighted by atomic mass is 28.4. The van der Waals surface area contributed by atoms with Crippen molar-refractivity contribution in [2.24, 2.45) is 5.92 Å². The number of fused-ring (bicyclic) bond motifs is 2. The largest absolute Gasteiger partial charge is 0.432 e. The fraction of sp³-hybridized carbons (Fsp3) is 0.559. The van der Waals surface area contributed by atoms with E-state index >= 15 is 0 Å². The van der Waals surface area contributed by atoms with Crippen LogP contribution in [0.2, 0.25) is 18.6 Å². The second-order valence-electron chi connectivity index (χ2n) is 13.5. The molecule has 0 radical (unpaired) electrons. The van der Waals surface area contributed by atoms with Gasteiger partial charge in [-0.2, -0.15) is 0 Å².